The molecule has 1 amide bonds. The highest BCUT2D eigenvalue weighted by Crippen LogP contribution is 2.26. The largest absolute Gasteiger partial charge is 0.497 e. The number of likely N-dealkylation sites (tertiary alicyclic amines) is 1. The molecule has 1 atom stereocenters. The summed E-state index contributed by atoms with van der Waals surface area (Å²) in [6.07, 6.45) is 0.155. The second-order valence-electron chi connectivity index (χ2n) is 6.58. The van der Waals surface area contributed by atoms with Gasteiger partial charge >= 0.3 is 0 Å². The first-order chi connectivity index (χ1) is 13.2. The first-order valence-electron chi connectivity index (χ1n) is 8.93. The first kappa shape index (κ1) is 17.3. The van der Waals surface area contributed by atoms with Crippen LogP contribution >= 0.6 is 0 Å². The van der Waals surface area contributed by atoms with Gasteiger partial charge in [0.05, 0.1) is 24.6 Å². The molecule has 2 heterocycles. The third-order valence-electron chi connectivity index (χ3n) is 4.77. The molecule has 0 unspecified atom stereocenters. The Morgan fingerprint density at radius 2 is 1.89 bits per heavy atom. The third-order valence-corrected chi connectivity index (χ3v) is 4.77. The van der Waals surface area contributed by atoms with Crippen LogP contribution in [-0.4, -0.2) is 52.0 Å². The number of hydrogen-bond donors (Lipinski definition) is 1. The van der Waals surface area contributed by atoms with Crippen molar-refractivity contribution in [1.29, 1.82) is 0 Å². The normalized spacial score (nSPS) is 16.5. The Bertz CT molecular complexity index is 935. The van der Waals surface area contributed by atoms with Gasteiger partial charge in [0.2, 0.25) is 0 Å². The average molecular weight is 363 g/mol. The maximum atomic E-state index is 12.8. The Morgan fingerprint density at radius 1 is 1.15 bits per heavy atom. The van der Waals surface area contributed by atoms with Crippen molar-refractivity contribution in [2.75, 3.05) is 20.2 Å². The number of β-amino-alcohol motifs (C(OH)–C–C–N with tert-alkyl or cyclic N) is 1. The molecule has 0 saturated carbocycles. The lowest BCUT2D eigenvalue weighted by Crippen LogP contribution is -2.29. The van der Waals surface area contributed by atoms with Crippen LogP contribution in [0, 0.1) is 0 Å². The van der Waals surface area contributed by atoms with Crippen LogP contribution in [0.1, 0.15) is 16.9 Å². The molecule has 2 aromatic carbocycles. The molecule has 4 rings (SSSR count). The fourth-order valence-electron chi connectivity index (χ4n) is 3.31. The molecule has 0 radical (unpaired) electrons. The zero-order valence-corrected chi connectivity index (χ0v) is 15.1. The minimum Gasteiger partial charge on any atom is -0.497 e. The Labute approximate surface area is 157 Å². The summed E-state index contributed by atoms with van der Waals surface area (Å²) < 4.78 is 7.00. The van der Waals surface area contributed by atoms with E-state index in [1.807, 2.05) is 60.7 Å². The van der Waals surface area contributed by atoms with Gasteiger partial charge in [0.15, 0.2) is 5.69 Å². The number of ether oxygens (including phenoxy) is 1. The van der Waals surface area contributed by atoms with Gasteiger partial charge in [0.1, 0.15) is 5.75 Å². The second-order valence-corrected chi connectivity index (χ2v) is 6.58. The number of benzene rings is 2. The molecule has 1 aliphatic rings. The maximum Gasteiger partial charge on any atom is 0.274 e. The van der Waals surface area contributed by atoms with E-state index in [2.05, 4.69) is 5.10 Å². The SMILES string of the molecule is COc1ccc(-n2nc(C(=O)N3CC[C@H](O)C3)cc2-c2ccccc2)cc1. The van der Waals surface area contributed by atoms with Crippen molar-refractivity contribution in [3.8, 4) is 22.7 Å². The van der Waals surface area contributed by atoms with Gasteiger partial charge in [0.25, 0.3) is 5.91 Å². The van der Waals surface area contributed by atoms with Crippen LogP contribution in [0.3, 0.4) is 0 Å². The second kappa shape index (κ2) is 7.25. The molecule has 1 fully saturated rings. The van der Waals surface area contributed by atoms with Crippen LogP contribution in [0.25, 0.3) is 16.9 Å². The number of aliphatic hydroxyl groups is 1. The lowest BCUT2D eigenvalue weighted by atomic mass is 10.1. The van der Waals surface area contributed by atoms with Crippen molar-refractivity contribution in [2.45, 2.75) is 12.5 Å². The van der Waals surface area contributed by atoms with E-state index >= 15 is 0 Å². The van der Waals surface area contributed by atoms with Gasteiger partial charge in [-0.2, -0.15) is 5.10 Å². The molecule has 27 heavy (non-hydrogen) atoms. The van der Waals surface area contributed by atoms with Crippen LogP contribution in [0.15, 0.2) is 60.7 Å². The molecular weight excluding hydrogens is 342 g/mol. The molecular formula is C21H21N3O3. The van der Waals surface area contributed by atoms with Crippen molar-refractivity contribution < 1.29 is 14.6 Å². The lowest BCUT2D eigenvalue weighted by Gasteiger charge is -2.13. The Balaban J connectivity index is 1.76. The topological polar surface area (TPSA) is 67.6 Å². The Hall–Kier alpha value is -3.12. The highest BCUT2D eigenvalue weighted by molar-refractivity contribution is 5.94. The molecule has 1 aliphatic heterocycles. The predicted molar refractivity (Wildman–Crippen MR) is 102 cm³/mol. The average Bonchev–Trinajstić information content (AvgIpc) is 3.35. The summed E-state index contributed by atoms with van der Waals surface area (Å²) in [5.41, 5.74) is 3.03. The van der Waals surface area contributed by atoms with Gasteiger partial charge in [-0.3, -0.25) is 4.79 Å². The zero-order chi connectivity index (χ0) is 18.8. The van der Waals surface area contributed by atoms with Gasteiger partial charge in [0, 0.05) is 18.7 Å². The summed E-state index contributed by atoms with van der Waals surface area (Å²) in [6, 6.07) is 19.2. The molecule has 1 saturated heterocycles. The molecule has 1 N–H and O–H groups in total. The number of carbonyl (C=O) groups is 1. The Morgan fingerprint density at radius 3 is 2.52 bits per heavy atom. The van der Waals surface area contributed by atoms with E-state index in [0.29, 0.717) is 25.2 Å². The van der Waals surface area contributed by atoms with Gasteiger partial charge in [-0.15, -0.1) is 0 Å². The van der Waals surface area contributed by atoms with Crippen LogP contribution < -0.4 is 4.74 Å². The van der Waals surface area contributed by atoms with Crippen LogP contribution in [-0.2, 0) is 0 Å². The lowest BCUT2D eigenvalue weighted by molar-refractivity contribution is 0.0758. The number of amides is 1. The quantitative estimate of drug-likeness (QED) is 0.774. The molecule has 0 spiro atoms. The molecule has 6 nitrogen and oxygen atoms in total. The molecule has 6 heteroatoms. The summed E-state index contributed by atoms with van der Waals surface area (Å²) >= 11 is 0. The summed E-state index contributed by atoms with van der Waals surface area (Å²) in [5, 5.41) is 14.3. The summed E-state index contributed by atoms with van der Waals surface area (Å²) in [4.78, 5) is 14.5. The summed E-state index contributed by atoms with van der Waals surface area (Å²) in [7, 11) is 1.62. The van der Waals surface area contributed by atoms with Crippen molar-refractivity contribution in [1.82, 2.24) is 14.7 Å². The molecule has 0 aliphatic carbocycles. The van der Waals surface area contributed by atoms with E-state index in [1.165, 1.54) is 0 Å². The number of rotatable bonds is 4. The molecule has 138 valence electrons. The van der Waals surface area contributed by atoms with E-state index in [9.17, 15) is 9.90 Å². The van der Waals surface area contributed by atoms with Gasteiger partial charge in [-0.25, -0.2) is 4.68 Å². The highest BCUT2D eigenvalue weighted by atomic mass is 16.5. The van der Waals surface area contributed by atoms with E-state index in [-0.39, 0.29) is 5.91 Å². The van der Waals surface area contributed by atoms with E-state index in [1.54, 1.807) is 16.7 Å². The first-order valence-corrected chi connectivity index (χ1v) is 8.93. The molecule has 0 bridgehead atoms. The number of aliphatic hydroxyl groups excluding tert-OH is 1. The summed E-state index contributed by atoms with van der Waals surface area (Å²) in [6.45, 7) is 0.908. The van der Waals surface area contributed by atoms with Crippen LogP contribution in [0.2, 0.25) is 0 Å². The van der Waals surface area contributed by atoms with Crippen molar-refractivity contribution in [2.24, 2.45) is 0 Å². The highest BCUT2D eigenvalue weighted by Gasteiger charge is 2.28. The van der Waals surface area contributed by atoms with Crippen LogP contribution in [0.5, 0.6) is 5.75 Å². The van der Waals surface area contributed by atoms with Gasteiger partial charge in [-0.05, 0) is 36.8 Å². The van der Waals surface area contributed by atoms with Crippen LogP contribution in [0.4, 0.5) is 0 Å². The minimum absolute atomic E-state index is 0.156. The Kier molecular flexibility index (Phi) is 4.64. The monoisotopic (exact) mass is 363 g/mol. The molecule has 3 aromatic rings. The smallest absolute Gasteiger partial charge is 0.274 e. The number of nitrogens with zero attached hydrogens (tertiary/aromatic N) is 3. The number of methoxy groups -OCH3 is 1. The van der Waals surface area contributed by atoms with Crippen molar-refractivity contribution >= 4 is 5.91 Å². The fraction of sp³-hybridized carbons (Fsp3) is 0.238. The van der Waals surface area contributed by atoms with E-state index < -0.39 is 6.10 Å². The number of hydrogen-bond acceptors (Lipinski definition) is 4. The van der Waals surface area contributed by atoms with E-state index in [4.69, 9.17) is 4.74 Å². The van der Waals surface area contributed by atoms with Crippen molar-refractivity contribution in [3.63, 3.8) is 0 Å². The minimum atomic E-state index is -0.453. The van der Waals surface area contributed by atoms with Crippen molar-refractivity contribution in [3.05, 3.63) is 66.4 Å². The zero-order valence-electron chi connectivity index (χ0n) is 15.1. The number of carbonyl (C=O) groups excluding carboxylic acids is 1. The van der Waals surface area contributed by atoms with Gasteiger partial charge in [-0.1, -0.05) is 30.3 Å². The number of aromatic nitrogens is 2. The summed E-state index contributed by atoms with van der Waals surface area (Å²) in [5.74, 6) is 0.602. The molecule has 1 aromatic heterocycles. The predicted octanol–water partition coefficient (Wildman–Crippen LogP) is 2.75. The third kappa shape index (κ3) is 3.44. The maximum absolute atomic E-state index is 12.8. The fourth-order valence-corrected chi connectivity index (χ4v) is 3.31. The van der Waals surface area contributed by atoms with E-state index in [0.717, 1.165) is 22.7 Å². The van der Waals surface area contributed by atoms with Gasteiger partial charge < -0.3 is 14.7 Å². The standard InChI is InChI=1S/C21H21N3O3/c1-27-18-9-7-16(8-10-18)24-20(15-5-3-2-4-6-15)13-19(22-24)21(26)23-12-11-17(25)14-23/h2-10,13,17,25H,11-12,14H2,1H3/t17-/m0/s1.